The van der Waals surface area contributed by atoms with Gasteiger partial charge in [0.15, 0.2) is 11.5 Å². The van der Waals surface area contributed by atoms with Gasteiger partial charge in [-0.25, -0.2) is 0 Å². The zero-order chi connectivity index (χ0) is 30.2. The van der Waals surface area contributed by atoms with Crippen LogP contribution in [0, 0.1) is 5.92 Å². The summed E-state index contributed by atoms with van der Waals surface area (Å²) in [5, 5.41) is 11.5. The summed E-state index contributed by atoms with van der Waals surface area (Å²) in [7, 11) is 1.56. The van der Waals surface area contributed by atoms with Crippen LogP contribution < -0.4 is 14.2 Å². The van der Waals surface area contributed by atoms with Crippen molar-refractivity contribution in [3.05, 3.63) is 59.2 Å². The number of likely N-dealkylation sites (tertiary alicyclic amines) is 1. The van der Waals surface area contributed by atoms with Crippen molar-refractivity contribution in [1.82, 2.24) is 9.80 Å². The molecule has 2 fully saturated rings. The molecule has 2 aliphatic rings. The van der Waals surface area contributed by atoms with Crippen LogP contribution in [0.5, 0.6) is 17.2 Å². The minimum Gasteiger partial charge on any atom is -0.507 e. The number of carbonyl (C=O) groups is 2. The smallest absolute Gasteiger partial charge is 0.295 e. The van der Waals surface area contributed by atoms with Gasteiger partial charge in [0.2, 0.25) is 0 Å². The molecule has 1 N–H and O–H groups in total. The van der Waals surface area contributed by atoms with Crippen molar-refractivity contribution in [3.63, 3.8) is 0 Å². The maximum Gasteiger partial charge on any atom is 0.295 e. The summed E-state index contributed by atoms with van der Waals surface area (Å²) in [4.78, 5) is 30.8. The molecule has 0 aliphatic carbocycles. The maximum atomic E-state index is 13.5. The number of hydrogen-bond acceptors (Lipinski definition) is 8. The molecule has 2 aromatic carbocycles. The lowest BCUT2D eigenvalue weighted by atomic mass is 9.95. The normalized spacial score (nSPS) is 19.1. The molecule has 2 heterocycles. The second-order valence-corrected chi connectivity index (χ2v) is 11.4. The van der Waals surface area contributed by atoms with Crippen molar-refractivity contribution in [2.75, 3.05) is 53.1 Å². The Morgan fingerprint density at radius 1 is 1.00 bits per heavy atom. The van der Waals surface area contributed by atoms with Crippen LogP contribution >= 0.6 is 0 Å². The largest absolute Gasteiger partial charge is 0.507 e. The number of aliphatic hydroxyl groups excluding tert-OH is 1. The molecule has 42 heavy (non-hydrogen) atoms. The molecule has 2 aromatic rings. The molecule has 9 nitrogen and oxygen atoms in total. The molecule has 0 spiro atoms. The van der Waals surface area contributed by atoms with Gasteiger partial charge in [0.25, 0.3) is 11.7 Å². The lowest BCUT2D eigenvalue weighted by Gasteiger charge is -2.29. The minimum absolute atomic E-state index is 0.000427. The first-order valence-electron chi connectivity index (χ1n) is 14.9. The van der Waals surface area contributed by atoms with Crippen LogP contribution in [-0.2, 0) is 14.3 Å². The Hall–Kier alpha value is -3.56. The van der Waals surface area contributed by atoms with Gasteiger partial charge < -0.3 is 29.0 Å². The number of ketones is 1. The number of hydrogen-bond donors (Lipinski definition) is 1. The Bertz CT molecular complexity index is 1250. The molecule has 2 saturated heterocycles. The van der Waals surface area contributed by atoms with Gasteiger partial charge in [-0.15, -0.1) is 0 Å². The number of Topliss-reactive ketones (excluding diaryl/α,β-unsaturated/α-hetero) is 1. The van der Waals surface area contributed by atoms with Crippen molar-refractivity contribution in [3.8, 4) is 17.2 Å². The van der Waals surface area contributed by atoms with Crippen molar-refractivity contribution < 1.29 is 33.6 Å². The summed E-state index contributed by atoms with van der Waals surface area (Å²) in [5.41, 5.74) is 1.15. The minimum atomic E-state index is -0.778. The van der Waals surface area contributed by atoms with E-state index >= 15 is 0 Å². The van der Waals surface area contributed by atoms with E-state index in [9.17, 15) is 14.7 Å². The van der Waals surface area contributed by atoms with E-state index in [-0.39, 0.29) is 17.4 Å². The molecular formula is C33H44N2O7. The average molecular weight is 581 g/mol. The molecule has 4 rings (SSSR count). The monoisotopic (exact) mass is 580 g/mol. The van der Waals surface area contributed by atoms with Crippen LogP contribution in [0.25, 0.3) is 5.76 Å². The van der Waals surface area contributed by atoms with E-state index in [2.05, 4.69) is 18.7 Å². The lowest BCUT2D eigenvalue weighted by Crippen LogP contribution is -2.39. The molecule has 1 unspecified atom stereocenters. The summed E-state index contributed by atoms with van der Waals surface area (Å²) < 4.78 is 22.8. The Balaban J connectivity index is 1.68. The van der Waals surface area contributed by atoms with Gasteiger partial charge in [-0.2, -0.15) is 0 Å². The predicted octanol–water partition coefficient (Wildman–Crippen LogP) is 5.05. The Morgan fingerprint density at radius 3 is 2.36 bits per heavy atom. The second-order valence-electron chi connectivity index (χ2n) is 11.4. The lowest BCUT2D eigenvalue weighted by molar-refractivity contribution is -0.140. The van der Waals surface area contributed by atoms with E-state index in [0.717, 1.165) is 26.1 Å². The van der Waals surface area contributed by atoms with Crippen LogP contribution in [0.3, 0.4) is 0 Å². The van der Waals surface area contributed by atoms with E-state index in [1.807, 2.05) is 19.9 Å². The second kappa shape index (κ2) is 14.6. The Labute approximate surface area is 249 Å². The summed E-state index contributed by atoms with van der Waals surface area (Å²) >= 11 is 0. The summed E-state index contributed by atoms with van der Waals surface area (Å²) in [6.45, 7) is 12.9. The van der Waals surface area contributed by atoms with Crippen molar-refractivity contribution in [1.29, 1.82) is 0 Å². The van der Waals surface area contributed by atoms with Crippen molar-refractivity contribution in [2.45, 2.75) is 52.7 Å². The highest BCUT2D eigenvalue weighted by Gasteiger charge is 2.46. The van der Waals surface area contributed by atoms with E-state index in [1.165, 1.54) is 0 Å². The molecule has 9 heteroatoms. The zero-order valence-corrected chi connectivity index (χ0v) is 25.4. The quantitative estimate of drug-likeness (QED) is 0.200. The third-order valence-electron chi connectivity index (χ3n) is 7.47. The first kappa shape index (κ1) is 31.4. The van der Waals surface area contributed by atoms with Gasteiger partial charge in [-0.3, -0.25) is 14.5 Å². The highest BCUT2D eigenvalue weighted by atomic mass is 16.5. The fourth-order valence-electron chi connectivity index (χ4n) is 5.24. The third kappa shape index (κ3) is 7.63. The maximum absolute atomic E-state index is 13.5. The van der Waals surface area contributed by atoms with Crippen LogP contribution in [0.1, 0.15) is 57.7 Å². The predicted molar refractivity (Wildman–Crippen MR) is 161 cm³/mol. The van der Waals surface area contributed by atoms with Crippen LogP contribution in [0.15, 0.2) is 48.0 Å². The first-order valence-corrected chi connectivity index (χ1v) is 14.9. The topological polar surface area (TPSA) is 97.8 Å². The van der Waals surface area contributed by atoms with Gasteiger partial charge in [0.1, 0.15) is 11.5 Å². The van der Waals surface area contributed by atoms with Gasteiger partial charge in [0, 0.05) is 31.7 Å². The number of rotatable bonds is 13. The molecule has 228 valence electrons. The zero-order valence-electron chi connectivity index (χ0n) is 25.4. The summed E-state index contributed by atoms with van der Waals surface area (Å²) in [6.07, 6.45) is 1.58. The van der Waals surface area contributed by atoms with Gasteiger partial charge >= 0.3 is 0 Å². The van der Waals surface area contributed by atoms with E-state index in [1.54, 1.807) is 48.4 Å². The first-order chi connectivity index (χ1) is 20.2. The standard InChI is InChI=1S/C33H44N2O7/c1-22(2)13-18-41-27-12-9-25(21-28(27)39-5)30-29(31(36)24-7-10-26(11-8-24)42-23(3)4)32(37)33(38)35(30)15-6-14-34-16-19-40-20-17-34/h7-12,21-23,30,36H,6,13-20H2,1-5H3/b31-29+. The number of aliphatic hydroxyl groups is 1. The fourth-order valence-corrected chi connectivity index (χ4v) is 5.24. The number of carbonyl (C=O) groups excluding carboxylic acids is 2. The van der Waals surface area contributed by atoms with Gasteiger partial charge in [-0.05, 0) is 74.6 Å². The molecule has 0 aromatic heterocycles. The van der Waals surface area contributed by atoms with Gasteiger partial charge in [0.05, 0.1) is 44.6 Å². The van der Waals surface area contributed by atoms with E-state index < -0.39 is 17.7 Å². The molecule has 1 atom stereocenters. The van der Waals surface area contributed by atoms with Crippen molar-refractivity contribution >= 4 is 17.4 Å². The van der Waals surface area contributed by atoms with E-state index in [0.29, 0.717) is 67.1 Å². The number of amides is 1. The third-order valence-corrected chi connectivity index (χ3v) is 7.47. The summed E-state index contributed by atoms with van der Waals surface area (Å²) in [6, 6.07) is 11.5. The van der Waals surface area contributed by atoms with Crippen LogP contribution in [0.4, 0.5) is 0 Å². The van der Waals surface area contributed by atoms with Crippen molar-refractivity contribution in [2.24, 2.45) is 5.92 Å². The number of methoxy groups -OCH3 is 1. The fraction of sp³-hybridized carbons (Fsp3) is 0.515. The number of nitrogens with zero attached hydrogens (tertiary/aromatic N) is 2. The Morgan fingerprint density at radius 2 is 1.71 bits per heavy atom. The highest BCUT2D eigenvalue weighted by Crippen LogP contribution is 2.42. The van der Waals surface area contributed by atoms with E-state index in [4.69, 9.17) is 18.9 Å². The number of morpholine rings is 1. The molecule has 0 radical (unpaired) electrons. The average Bonchev–Trinajstić information content (AvgIpc) is 3.22. The molecule has 1 amide bonds. The number of benzene rings is 2. The van der Waals surface area contributed by atoms with Crippen LogP contribution in [0.2, 0.25) is 0 Å². The highest BCUT2D eigenvalue weighted by molar-refractivity contribution is 6.46. The Kier molecular flexibility index (Phi) is 10.9. The van der Waals surface area contributed by atoms with Gasteiger partial charge in [-0.1, -0.05) is 19.9 Å². The molecule has 0 bridgehead atoms. The molecule has 0 saturated carbocycles. The summed E-state index contributed by atoms with van der Waals surface area (Å²) in [5.74, 6) is 0.693. The molecular weight excluding hydrogens is 536 g/mol. The SMILES string of the molecule is COc1cc(C2/C(=C(\O)c3ccc(OC(C)C)cc3)C(=O)C(=O)N2CCCN2CCOCC2)ccc1OCCC(C)C. The number of ether oxygens (including phenoxy) is 4. The molecule has 2 aliphatic heterocycles. The van der Waals surface area contributed by atoms with Crippen LogP contribution in [-0.4, -0.2) is 85.8 Å².